The first-order valence-corrected chi connectivity index (χ1v) is 14.5. The van der Waals surface area contributed by atoms with E-state index in [4.69, 9.17) is 0 Å². The van der Waals surface area contributed by atoms with Crippen molar-refractivity contribution in [3.63, 3.8) is 0 Å². The summed E-state index contributed by atoms with van der Waals surface area (Å²) in [4.78, 5) is 0. The molecular weight excluding hydrogens is 502 g/mol. The van der Waals surface area contributed by atoms with Crippen molar-refractivity contribution in [1.82, 2.24) is 0 Å². The van der Waals surface area contributed by atoms with Gasteiger partial charge in [0.15, 0.2) is 0 Å². The molecule has 3 heteroatoms. The molecule has 0 aromatic heterocycles. The molecule has 0 saturated heterocycles. The van der Waals surface area contributed by atoms with E-state index in [2.05, 4.69) is 52.0 Å². The summed E-state index contributed by atoms with van der Waals surface area (Å²) >= 11 is -1.87. The standard InChI is InChI=1S/2C9H13.C3H6.2ClH.Hf/c2*1-2-3-6-9-7-4-5-8-9;1-3-2;;;/h2*7-8H,2-4,6H2,1H3;1-2H3;2*1H;/q;;;;;+2/p-2. The van der Waals surface area contributed by atoms with Gasteiger partial charge < -0.3 is 24.8 Å². The fraction of sp³-hybridized carbons (Fsp3) is 0.571. The van der Waals surface area contributed by atoms with Crippen LogP contribution in [0.5, 0.6) is 0 Å². The van der Waals surface area contributed by atoms with E-state index < -0.39 is 21.0 Å². The molecular formula is C21H32Cl2Hf. The zero-order valence-electron chi connectivity index (χ0n) is 15.7. The van der Waals surface area contributed by atoms with Crippen LogP contribution in [0.25, 0.3) is 0 Å². The largest absolute Gasteiger partial charge is 1.00 e. The quantitative estimate of drug-likeness (QED) is 0.402. The van der Waals surface area contributed by atoms with E-state index in [0.29, 0.717) is 0 Å². The summed E-state index contributed by atoms with van der Waals surface area (Å²) in [5.41, 5.74) is 3.25. The van der Waals surface area contributed by atoms with Crippen LogP contribution in [0.2, 0.25) is 0 Å². The Morgan fingerprint density at radius 1 is 0.833 bits per heavy atom. The van der Waals surface area contributed by atoms with Crippen molar-refractivity contribution in [2.45, 2.75) is 79.1 Å². The second-order valence-corrected chi connectivity index (χ2v) is 17.8. The zero-order chi connectivity index (χ0) is 15.9. The number of rotatable bonds is 8. The van der Waals surface area contributed by atoms with Gasteiger partial charge in [0.1, 0.15) is 0 Å². The van der Waals surface area contributed by atoms with Crippen molar-refractivity contribution in [3.8, 4) is 0 Å². The van der Waals surface area contributed by atoms with Crippen molar-refractivity contribution in [2.24, 2.45) is 0 Å². The van der Waals surface area contributed by atoms with Crippen LogP contribution in [-0.2, 0) is 21.0 Å². The Labute approximate surface area is 169 Å². The van der Waals surface area contributed by atoms with E-state index in [9.17, 15) is 0 Å². The van der Waals surface area contributed by atoms with E-state index in [0.717, 1.165) is 0 Å². The van der Waals surface area contributed by atoms with Crippen molar-refractivity contribution < 1.29 is 45.8 Å². The molecule has 0 radical (unpaired) electrons. The van der Waals surface area contributed by atoms with E-state index in [1.54, 1.807) is 14.4 Å². The molecule has 0 N–H and O–H groups in total. The molecule has 2 aliphatic rings. The summed E-state index contributed by atoms with van der Waals surface area (Å²) in [6.45, 7) is 9.38. The Balaban J connectivity index is 0.00000264. The molecule has 0 fully saturated rings. The molecule has 0 heterocycles. The van der Waals surface area contributed by atoms with Gasteiger partial charge in [-0.25, -0.2) is 0 Å². The Kier molecular flexibility index (Phi) is 12.8. The fourth-order valence-corrected chi connectivity index (χ4v) is 14.1. The van der Waals surface area contributed by atoms with E-state index in [1.165, 1.54) is 51.4 Å². The average Bonchev–Trinajstić information content (AvgIpc) is 3.13. The van der Waals surface area contributed by atoms with Crippen LogP contribution >= 0.6 is 0 Å². The van der Waals surface area contributed by atoms with E-state index in [-0.39, 0.29) is 24.8 Å². The van der Waals surface area contributed by atoms with Crippen molar-refractivity contribution in [3.05, 3.63) is 42.1 Å². The second kappa shape index (κ2) is 12.6. The van der Waals surface area contributed by atoms with Gasteiger partial charge in [0.05, 0.1) is 0 Å². The SMILES string of the molecule is CCCCC1=CC[C]([Hf+2]([C]2=CC(CCCC)=CC2)=[C](C)C)=C1.[Cl-].[Cl-]. The van der Waals surface area contributed by atoms with Gasteiger partial charge in [0.25, 0.3) is 0 Å². The minimum absolute atomic E-state index is 0. The normalized spacial score (nSPS) is 15.3. The van der Waals surface area contributed by atoms with Crippen molar-refractivity contribution >= 4 is 3.26 Å². The van der Waals surface area contributed by atoms with Crippen LogP contribution in [-0.4, -0.2) is 3.26 Å². The number of halogens is 2. The first-order chi connectivity index (χ1) is 10.7. The van der Waals surface area contributed by atoms with Crippen LogP contribution in [0.15, 0.2) is 42.1 Å². The van der Waals surface area contributed by atoms with Gasteiger partial charge in [-0.1, -0.05) is 0 Å². The monoisotopic (exact) mass is 534 g/mol. The maximum atomic E-state index is 2.59. The van der Waals surface area contributed by atoms with Crippen LogP contribution < -0.4 is 24.8 Å². The Hall–Kier alpha value is 0.280. The van der Waals surface area contributed by atoms with Gasteiger partial charge in [0.2, 0.25) is 0 Å². The molecule has 0 aromatic carbocycles. The van der Waals surface area contributed by atoms with Gasteiger partial charge in [0, 0.05) is 0 Å². The molecule has 0 aliphatic heterocycles. The van der Waals surface area contributed by atoms with Gasteiger partial charge in [-0.15, -0.1) is 0 Å². The number of unbranched alkanes of at least 4 members (excludes halogenated alkanes) is 2. The maximum absolute atomic E-state index is 2.59. The van der Waals surface area contributed by atoms with Gasteiger partial charge in [-0.05, 0) is 0 Å². The molecule has 0 aromatic rings. The fourth-order valence-electron chi connectivity index (χ4n) is 3.47. The van der Waals surface area contributed by atoms with Crippen LogP contribution in [0.4, 0.5) is 0 Å². The Morgan fingerprint density at radius 2 is 1.25 bits per heavy atom. The Morgan fingerprint density at radius 3 is 1.58 bits per heavy atom. The van der Waals surface area contributed by atoms with Gasteiger partial charge >= 0.3 is 145 Å². The van der Waals surface area contributed by atoms with Crippen LogP contribution in [0, 0.1) is 0 Å². The second-order valence-electron chi connectivity index (χ2n) is 6.89. The molecule has 0 atom stereocenters. The van der Waals surface area contributed by atoms with Crippen LogP contribution in [0.1, 0.15) is 79.1 Å². The smallest absolute Gasteiger partial charge is 1.00 e. The average molecular weight is 534 g/mol. The first kappa shape index (κ1) is 24.3. The topological polar surface area (TPSA) is 0 Å². The molecule has 134 valence electrons. The predicted molar refractivity (Wildman–Crippen MR) is 97.0 cm³/mol. The molecule has 24 heavy (non-hydrogen) atoms. The number of allylic oxidation sites excluding steroid dienone is 8. The van der Waals surface area contributed by atoms with E-state index in [1.807, 2.05) is 6.66 Å². The third-order valence-electron chi connectivity index (χ3n) is 4.67. The minimum atomic E-state index is -1.87. The van der Waals surface area contributed by atoms with Gasteiger partial charge in [-0.3, -0.25) is 0 Å². The summed E-state index contributed by atoms with van der Waals surface area (Å²) in [7, 11) is 0. The van der Waals surface area contributed by atoms with Crippen molar-refractivity contribution in [2.75, 3.05) is 0 Å². The summed E-state index contributed by atoms with van der Waals surface area (Å²) in [6, 6.07) is 0. The Bertz CT molecular complexity index is 514. The molecule has 0 spiro atoms. The first-order valence-electron chi connectivity index (χ1n) is 9.13. The van der Waals surface area contributed by atoms with E-state index >= 15 is 0 Å². The molecule has 0 nitrogen and oxygen atoms in total. The number of hydrogen-bond acceptors (Lipinski definition) is 0. The molecule has 0 unspecified atom stereocenters. The zero-order valence-corrected chi connectivity index (χ0v) is 20.8. The summed E-state index contributed by atoms with van der Waals surface area (Å²) < 4.78 is 5.44. The number of hydrogen-bond donors (Lipinski definition) is 0. The molecule has 2 rings (SSSR count). The summed E-state index contributed by atoms with van der Waals surface area (Å²) in [6.07, 6.45) is 20.6. The molecule has 0 bridgehead atoms. The third kappa shape index (κ3) is 6.89. The molecule has 0 saturated carbocycles. The summed E-state index contributed by atoms with van der Waals surface area (Å²) in [5.74, 6) is 0. The summed E-state index contributed by atoms with van der Waals surface area (Å²) in [5, 5.41) is 0. The van der Waals surface area contributed by atoms with Crippen molar-refractivity contribution in [1.29, 1.82) is 0 Å². The molecule has 0 amide bonds. The third-order valence-corrected chi connectivity index (χ3v) is 15.4. The minimum Gasteiger partial charge on any atom is -1.00 e. The van der Waals surface area contributed by atoms with Crippen LogP contribution in [0.3, 0.4) is 0 Å². The van der Waals surface area contributed by atoms with Gasteiger partial charge in [-0.2, -0.15) is 0 Å². The predicted octanol–water partition coefficient (Wildman–Crippen LogP) is 0.633. The molecule has 2 aliphatic carbocycles. The maximum Gasteiger partial charge on any atom is -1.00 e.